The van der Waals surface area contributed by atoms with Crippen LogP contribution in [0.25, 0.3) is 0 Å². The maximum atomic E-state index is 5.60. The molecule has 1 fully saturated rings. The van der Waals surface area contributed by atoms with Crippen LogP contribution in [0.4, 0.5) is 0 Å². The molecular weight excluding hydrogens is 302 g/mol. The molecule has 1 aromatic rings. The van der Waals surface area contributed by atoms with E-state index in [0.29, 0.717) is 27.7 Å². The van der Waals surface area contributed by atoms with Crippen LogP contribution < -0.4 is 5.32 Å². The van der Waals surface area contributed by atoms with E-state index < -0.39 is 0 Å². The Bertz CT molecular complexity index is 452. The second kappa shape index (κ2) is 7.38. The molecule has 0 spiro atoms. The molecule has 2 rings (SSSR count). The summed E-state index contributed by atoms with van der Waals surface area (Å²) in [4.78, 5) is 4.73. The van der Waals surface area contributed by atoms with Crippen LogP contribution in [0.15, 0.2) is 4.52 Å². The summed E-state index contributed by atoms with van der Waals surface area (Å²) in [5.74, 6) is 3.44. The van der Waals surface area contributed by atoms with Gasteiger partial charge in [-0.1, -0.05) is 32.9 Å². The molecule has 6 heteroatoms. The Kier molecular flexibility index (Phi) is 6.03. The zero-order valence-electron chi connectivity index (χ0n) is 13.8. The summed E-state index contributed by atoms with van der Waals surface area (Å²) in [6, 6.07) is 0.325. The van der Waals surface area contributed by atoms with E-state index in [4.69, 9.17) is 9.51 Å². The average Bonchev–Trinajstić information content (AvgIpc) is 2.90. The van der Waals surface area contributed by atoms with Gasteiger partial charge in [0.2, 0.25) is 5.89 Å². The molecule has 0 amide bonds. The maximum absolute atomic E-state index is 5.60. The van der Waals surface area contributed by atoms with E-state index in [1.807, 2.05) is 30.6 Å². The fourth-order valence-electron chi connectivity index (χ4n) is 2.69. The van der Waals surface area contributed by atoms with Crippen molar-refractivity contribution in [2.75, 3.05) is 12.8 Å². The average molecular weight is 330 g/mol. The third-order valence-corrected chi connectivity index (χ3v) is 7.68. The lowest BCUT2D eigenvalue weighted by Crippen LogP contribution is -2.32. The molecule has 1 aliphatic rings. The van der Waals surface area contributed by atoms with E-state index in [2.05, 4.69) is 45.1 Å². The summed E-state index contributed by atoms with van der Waals surface area (Å²) >= 11 is 3.98. The topological polar surface area (TPSA) is 51.0 Å². The molecule has 5 atom stereocenters. The van der Waals surface area contributed by atoms with Crippen LogP contribution in [-0.4, -0.2) is 39.5 Å². The molecule has 0 bridgehead atoms. The maximum Gasteiger partial charge on any atom is 0.231 e. The Balaban J connectivity index is 2.13. The normalized spacial score (nSPS) is 29.6. The number of aromatic nitrogens is 2. The third-order valence-electron chi connectivity index (χ3n) is 4.29. The first-order chi connectivity index (χ1) is 9.93. The Hall–Kier alpha value is -0.200. The first-order valence-electron chi connectivity index (χ1n) is 7.71. The fraction of sp³-hybridized carbons (Fsp3) is 0.867. The molecule has 0 radical (unpaired) electrons. The first kappa shape index (κ1) is 17.2. The number of rotatable bonds is 5. The van der Waals surface area contributed by atoms with E-state index in [1.54, 1.807) is 0 Å². The largest absolute Gasteiger partial charge is 0.339 e. The molecule has 1 aliphatic heterocycles. The van der Waals surface area contributed by atoms with Crippen molar-refractivity contribution >= 4 is 23.5 Å². The summed E-state index contributed by atoms with van der Waals surface area (Å²) in [5, 5.41) is 9.27. The number of likely N-dealkylation sites (N-methyl/N-ethyl adjacent to an activating group) is 1. The van der Waals surface area contributed by atoms with Gasteiger partial charge < -0.3 is 9.84 Å². The highest BCUT2D eigenvalue weighted by atomic mass is 32.2. The van der Waals surface area contributed by atoms with Gasteiger partial charge in [-0.3, -0.25) is 0 Å². The minimum absolute atomic E-state index is 0.258. The van der Waals surface area contributed by atoms with E-state index in [9.17, 15) is 0 Å². The van der Waals surface area contributed by atoms with Crippen molar-refractivity contribution in [2.24, 2.45) is 5.92 Å². The summed E-state index contributed by atoms with van der Waals surface area (Å²) in [6.45, 7) is 11.2. The number of thioether (sulfide) groups is 2. The molecule has 21 heavy (non-hydrogen) atoms. The van der Waals surface area contributed by atoms with Crippen LogP contribution in [0.5, 0.6) is 0 Å². The quantitative estimate of drug-likeness (QED) is 0.888. The lowest BCUT2D eigenvalue weighted by Gasteiger charge is -2.29. The molecular formula is C15H27N3OS2. The van der Waals surface area contributed by atoms with E-state index in [-0.39, 0.29) is 5.92 Å². The lowest BCUT2D eigenvalue weighted by molar-refractivity contribution is 0.284. The van der Waals surface area contributed by atoms with Crippen LogP contribution in [0.2, 0.25) is 0 Å². The second-order valence-corrected chi connectivity index (χ2v) is 9.20. The van der Waals surface area contributed by atoms with Crippen molar-refractivity contribution in [1.82, 2.24) is 15.5 Å². The summed E-state index contributed by atoms with van der Waals surface area (Å²) in [7, 11) is 1.98. The zero-order valence-corrected chi connectivity index (χ0v) is 15.4. The van der Waals surface area contributed by atoms with Gasteiger partial charge in [-0.25, -0.2) is 0 Å². The van der Waals surface area contributed by atoms with Crippen LogP contribution in [0.1, 0.15) is 57.5 Å². The van der Waals surface area contributed by atoms with Crippen molar-refractivity contribution in [3.8, 4) is 0 Å². The number of hydrogen-bond acceptors (Lipinski definition) is 6. The fourth-order valence-corrected chi connectivity index (χ4v) is 5.52. The smallest absolute Gasteiger partial charge is 0.231 e. The number of nitrogens with zero attached hydrogens (tertiary/aromatic N) is 2. The minimum Gasteiger partial charge on any atom is -0.339 e. The Labute approximate surface area is 136 Å². The number of hydrogen-bond donors (Lipinski definition) is 1. The summed E-state index contributed by atoms with van der Waals surface area (Å²) in [5.41, 5.74) is 0. The van der Waals surface area contributed by atoms with E-state index in [1.165, 1.54) is 0 Å². The zero-order chi connectivity index (χ0) is 15.6. The van der Waals surface area contributed by atoms with Crippen molar-refractivity contribution < 1.29 is 4.52 Å². The monoisotopic (exact) mass is 329 g/mol. The molecule has 2 heterocycles. The highest BCUT2D eigenvalue weighted by Crippen LogP contribution is 2.43. The van der Waals surface area contributed by atoms with Gasteiger partial charge in [0, 0.05) is 22.3 Å². The minimum atomic E-state index is 0.258. The van der Waals surface area contributed by atoms with Crippen molar-refractivity contribution in [1.29, 1.82) is 0 Å². The molecule has 4 nitrogen and oxygen atoms in total. The van der Waals surface area contributed by atoms with Crippen LogP contribution in [0.3, 0.4) is 0 Å². The SMILES string of the molecule is CNC(C)C(c1nc(C2CSC(C)C(C)S2)no1)C(C)C. The van der Waals surface area contributed by atoms with Crippen molar-refractivity contribution in [3.05, 3.63) is 11.7 Å². The summed E-state index contributed by atoms with van der Waals surface area (Å²) < 4.78 is 5.60. The van der Waals surface area contributed by atoms with E-state index >= 15 is 0 Å². The molecule has 0 aliphatic carbocycles. The van der Waals surface area contributed by atoms with Gasteiger partial charge >= 0.3 is 0 Å². The van der Waals surface area contributed by atoms with Gasteiger partial charge in [0.1, 0.15) is 0 Å². The molecule has 1 aromatic heterocycles. The first-order valence-corrected chi connectivity index (χ1v) is 9.71. The second-order valence-electron chi connectivity index (χ2n) is 6.21. The van der Waals surface area contributed by atoms with Gasteiger partial charge in [0.05, 0.1) is 11.2 Å². The van der Waals surface area contributed by atoms with Gasteiger partial charge in [-0.15, -0.1) is 11.8 Å². The lowest BCUT2D eigenvalue weighted by atomic mass is 9.89. The van der Waals surface area contributed by atoms with Crippen LogP contribution in [-0.2, 0) is 0 Å². The van der Waals surface area contributed by atoms with E-state index in [0.717, 1.165) is 17.5 Å². The van der Waals surface area contributed by atoms with Crippen LogP contribution in [0, 0.1) is 5.92 Å². The van der Waals surface area contributed by atoms with Gasteiger partial charge in [0.15, 0.2) is 5.82 Å². The number of nitrogens with one attached hydrogen (secondary N) is 1. The molecule has 0 saturated carbocycles. The molecule has 120 valence electrons. The van der Waals surface area contributed by atoms with Gasteiger partial charge in [0.25, 0.3) is 0 Å². The third kappa shape index (κ3) is 3.96. The van der Waals surface area contributed by atoms with Gasteiger partial charge in [-0.2, -0.15) is 16.7 Å². The van der Waals surface area contributed by atoms with Crippen molar-refractivity contribution in [2.45, 2.75) is 62.3 Å². The van der Waals surface area contributed by atoms with Gasteiger partial charge in [-0.05, 0) is 19.9 Å². The van der Waals surface area contributed by atoms with Crippen molar-refractivity contribution in [3.63, 3.8) is 0 Å². The highest BCUT2D eigenvalue weighted by Gasteiger charge is 2.32. The Morgan fingerprint density at radius 3 is 2.52 bits per heavy atom. The Morgan fingerprint density at radius 2 is 1.95 bits per heavy atom. The Morgan fingerprint density at radius 1 is 1.24 bits per heavy atom. The molecule has 0 aromatic carbocycles. The standard InChI is InChI=1S/C15H27N3OS2/c1-8(2)13(9(3)16-6)15-17-14(18-19-15)12-7-20-10(4)11(5)21-12/h8-13,16H,7H2,1-6H3. The highest BCUT2D eigenvalue weighted by molar-refractivity contribution is 8.07. The molecule has 1 N–H and O–H groups in total. The predicted octanol–water partition coefficient (Wildman–Crippen LogP) is 3.72. The summed E-state index contributed by atoms with van der Waals surface area (Å²) in [6.07, 6.45) is 0. The predicted molar refractivity (Wildman–Crippen MR) is 92.1 cm³/mol. The van der Waals surface area contributed by atoms with Crippen LogP contribution >= 0.6 is 23.5 Å². The molecule has 1 saturated heterocycles. The molecule has 5 unspecified atom stereocenters.